The van der Waals surface area contributed by atoms with Crippen LogP contribution in [0.3, 0.4) is 0 Å². The Kier molecular flexibility index (Phi) is 6.56. The molecule has 0 bridgehead atoms. The van der Waals surface area contributed by atoms with Crippen molar-refractivity contribution in [2.75, 3.05) is 0 Å². The zero-order valence-electron chi connectivity index (χ0n) is 26.7. The Morgan fingerprint density at radius 3 is 1.88 bits per heavy atom. The molecule has 0 amide bonds. The maximum Gasteiger partial charge on any atom is 0.188 e. The van der Waals surface area contributed by atoms with Crippen LogP contribution in [0, 0.1) is 29.2 Å². The van der Waals surface area contributed by atoms with Crippen molar-refractivity contribution in [3.8, 4) is 45.8 Å². The quantitative estimate of drug-likeness (QED) is 0.181. The van der Waals surface area contributed by atoms with Crippen LogP contribution in [-0.2, 0) is 0 Å². The maximum atomic E-state index is 10.5. The van der Waals surface area contributed by atoms with Crippen LogP contribution in [0.15, 0.2) is 152 Å². The Morgan fingerprint density at radius 2 is 1.14 bits per heavy atom. The average Bonchev–Trinajstić information content (AvgIpc) is 3.69. The fourth-order valence-corrected chi connectivity index (χ4v) is 7.39. The van der Waals surface area contributed by atoms with Crippen molar-refractivity contribution in [1.29, 1.82) is 10.5 Å². The number of nitriles is 2. The number of hydrogen-bond acceptors (Lipinski definition) is 2. The van der Waals surface area contributed by atoms with Crippen molar-refractivity contribution >= 4 is 49.3 Å². The van der Waals surface area contributed by atoms with Crippen molar-refractivity contribution in [2.24, 2.45) is 0 Å². The number of hydrogen-bond donors (Lipinski definition) is 0. The van der Waals surface area contributed by atoms with E-state index in [0.29, 0.717) is 16.8 Å². The lowest BCUT2D eigenvalue weighted by Gasteiger charge is -2.15. The molecule has 7 aromatic carbocycles. The van der Waals surface area contributed by atoms with Gasteiger partial charge in [0.25, 0.3) is 0 Å². The highest BCUT2D eigenvalue weighted by Gasteiger charge is 2.18. The molecule has 0 atom stereocenters. The molecule has 0 unspecified atom stereocenters. The molecule has 0 radical (unpaired) electrons. The number of para-hydroxylation sites is 3. The standard InChI is InChI=1S/C45H25N5/c1-48-33-19-22-45-40(26-33)39-23-29(27-46)17-21-44(39)50(45)41-14-5-2-11-36(41)31-18-20-35(32(24-31)28-47)30-9-8-10-34(25-30)49-42-15-6-3-12-37(42)38-13-4-7-16-43(38)49/h2-26H. The summed E-state index contributed by atoms with van der Waals surface area (Å²) >= 11 is 0. The van der Waals surface area contributed by atoms with E-state index in [-0.39, 0.29) is 0 Å². The molecule has 0 fully saturated rings. The molecular formula is C45H25N5. The van der Waals surface area contributed by atoms with Gasteiger partial charge >= 0.3 is 0 Å². The lowest BCUT2D eigenvalue weighted by Crippen LogP contribution is -1.98. The first-order chi connectivity index (χ1) is 24.7. The molecule has 9 rings (SSSR count). The Morgan fingerprint density at radius 1 is 0.480 bits per heavy atom. The van der Waals surface area contributed by atoms with Gasteiger partial charge in [0.1, 0.15) is 0 Å². The second-order valence-electron chi connectivity index (χ2n) is 12.3. The molecule has 0 N–H and O–H groups in total. The van der Waals surface area contributed by atoms with E-state index in [1.807, 2.05) is 60.7 Å². The van der Waals surface area contributed by atoms with Crippen LogP contribution in [0.2, 0.25) is 0 Å². The van der Waals surface area contributed by atoms with Crippen LogP contribution in [0.25, 0.3) is 82.1 Å². The normalized spacial score (nSPS) is 11.1. The molecule has 5 heteroatoms. The maximum absolute atomic E-state index is 10.5. The van der Waals surface area contributed by atoms with E-state index in [1.54, 1.807) is 0 Å². The second kappa shape index (κ2) is 11.4. The summed E-state index contributed by atoms with van der Waals surface area (Å²) in [5, 5.41) is 24.4. The third kappa shape index (κ3) is 4.38. The van der Waals surface area contributed by atoms with Crippen LogP contribution in [-0.4, -0.2) is 9.13 Å². The molecule has 0 saturated carbocycles. The predicted octanol–water partition coefficient (Wildman–Crippen LogP) is 11.5. The number of rotatable bonds is 4. The summed E-state index contributed by atoms with van der Waals surface area (Å²) < 4.78 is 4.47. The van der Waals surface area contributed by atoms with Crippen LogP contribution in [0.5, 0.6) is 0 Å². The molecule has 2 aromatic heterocycles. The van der Waals surface area contributed by atoms with Crippen LogP contribution in [0.1, 0.15) is 11.1 Å². The molecule has 0 saturated heterocycles. The smallest absolute Gasteiger partial charge is 0.188 e. The van der Waals surface area contributed by atoms with Gasteiger partial charge in [-0.3, -0.25) is 0 Å². The van der Waals surface area contributed by atoms with Gasteiger partial charge in [-0.1, -0.05) is 84.9 Å². The monoisotopic (exact) mass is 635 g/mol. The molecule has 0 spiro atoms. The first kappa shape index (κ1) is 28.8. The first-order valence-electron chi connectivity index (χ1n) is 16.3. The summed E-state index contributed by atoms with van der Waals surface area (Å²) in [5.41, 5.74) is 11.5. The summed E-state index contributed by atoms with van der Waals surface area (Å²) in [6, 6.07) is 55.7. The molecule has 9 aromatic rings. The summed E-state index contributed by atoms with van der Waals surface area (Å²) in [5.74, 6) is 0. The van der Waals surface area contributed by atoms with Gasteiger partial charge in [-0.2, -0.15) is 10.5 Å². The van der Waals surface area contributed by atoms with Crippen molar-refractivity contribution in [2.45, 2.75) is 0 Å². The zero-order valence-corrected chi connectivity index (χ0v) is 26.7. The highest BCUT2D eigenvalue weighted by atomic mass is 15.0. The number of fused-ring (bicyclic) bond motifs is 6. The van der Waals surface area contributed by atoms with E-state index in [2.05, 4.69) is 117 Å². The van der Waals surface area contributed by atoms with Gasteiger partial charge in [0.2, 0.25) is 0 Å². The van der Waals surface area contributed by atoms with Gasteiger partial charge in [-0.25, -0.2) is 4.85 Å². The highest BCUT2D eigenvalue weighted by molar-refractivity contribution is 6.11. The molecule has 0 aliphatic heterocycles. The Hall–Kier alpha value is -7.39. The van der Waals surface area contributed by atoms with Crippen LogP contribution >= 0.6 is 0 Å². The van der Waals surface area contributed by atoms with E-state index in [0.717, 1.165) is 66.5 Å². The number of nitrogens with zero attached hydrogens (tertiary/aromatic N) is 5. The van der Waals surface area contributed by atoms with Crippen LogP contribution in [0.4, 0.5) is 5.69 Å². The highest BCUT2D eigenvalue weighted by Crippen LogP contribution is 2.39. The number of aromatic nitrogens is 2. The van der Waals surface area contributed by atoms with E-state index >= 15 is 0 Å². The predicted molar refractivity (Wildman–Crippen MR) is 202 cm³/mol. The molecule has 50 heavy (non-hydrogen) atoms. The summed E-state index contributed by atoms with van der Waals surface area (Å²) in [7, 11) is 0. The molecule has 0 aliphatic carbocycles. The molecule has 2 heterocycles. The fourth-order valence-electron chi connectivity index (χ4n) is 7.39. The lowest BCUT2D eigenvalue weighted by atomic mass is 9.94. The van der Waals surface area contributed by atoms with Gasteiger partial charge in [-0.15, -0.1) is 0 Å². The molecule has 230 valence electrons. The van der Waals surface area contributed by atoms with E-state index in [1.165, 1.54) is 10.8 Å². The second-order valence-corrected chi connectivity index (χ2v) is 12.3. The van der Waals surface area contributed by atoms with Crippen LogP contribution < -0.4 is 0 Å². The van der Waals surface area contributed by atoms with Gasteiger partial charge < -0.3 is 9.13 Å². The number of benzene rings is 7. The van der Waals surface area contributed by atoms with E-state index in [4.69, 9.17) is 6.57 Å². The minimum absolute atomic E-state index is 0.545. The Labute approximate surface area is 288 Å². The van der Waals surface area contributed by atoms with Crippen molar-refractivity contribution in [1.82, 2.24) is 9.13 Å². The topological polar surface area (TPSA) is 61.8 Å². The minimum atomic E-state index is 0.545. The van der Waals surface area contributed by atoms with Gasteiger partial charge in [0.05, 0.1) is 57.6 Å². The molecule has 5 nitrogen and oxygen atoms in total. The lowest BCUT2D eigenvalue weighted by molar-refractivity contribution is 1.18. The van der Waals surface area contributed by atoms with Crippen molar-refractivity contribution in [3.05, 3.63) is 174 Å². The largest absolute Gasteiger partial charge is 0.309 e. The van der Waals surface area contributed by atoms with E-state index in [9.17, 15) is 10.5 Å². The average molecular weight is 636 g/mol. The minimum Gasteiger partial charge on any atom is -0.309 e. The molecule has 0 aliphatic rings. The summed E-state index contributed by atoms with van der Waals surface area (Å²) in [6.07, 6.45) is 0. The van der Waals surface area contributed by atoms with Crippen molar-refractivity contribution < 1.29 is 0 Å². The van der Waals surface area contributed by atoms with Gasteiger partial charge in [0, 0.05) is 27.4 Å². The first-order valence-corrected chi connectivity index (χ1v) is 16.3. The van der Waals surface area contributed by atoms with Crippen molar-refractivity contribution in [3.63, 3.8) is 0 Å². The zero-order chi connectivity index (χ0) is 33.8. The van der Waals surface area contributed by atoms with E-state index < -0.39 is 0 Å². The Balaban J connectivity index is 1.19. The SMILES string of the molecule is [C-]#[N+]c1ccc2c(c1)c1cc(C#N)ccc1n2-c1ccccc1-c1ccc(-c2cccc(-n3c4ccccc4c4ccccc43)c2)c(C#N)c1. The Bertz CT molecular complexity index is 2850. The van der Waals surface area contributed by atoms with Gasteiger partial charge in [0.15, 0.2) is 5.69 Å². The third-order valence-electron chi connectivity index (χ3n) is 9.60. The summed E-state index contributed by atoms with van der Waals surface area (Å²) in [6.45, 7) is 7.59. The fraction of sp³-hybridized carbons (Fsp3) is 0. The molecular weight excluding hydrogens is 611 g/mol. The third-order valence-corrected chi connectivity index (χ3v) is 9.60. The van der Waals surface area contributed by atoms with Gasteiger partial charge in [-0.05, 0) is 88.8 Å². The summed E-state index contributed by atoms with van der Waals surface area (Å²) in [4.78, 5) is 3.66.